The lowest BCUT2D eigenvalue weighted by Crippen LogP contribution is -2.46. The number of fused-ring (bicyclic) bond motifs is 1. The van der Waals surface area contributed by atoms with E-state index in [0.29, 0.717) is 6.54 Å². The Morgan fingerprint density at radius 2 is 1.85 bits per heavy atom. The number of nitrogens with zero attached hydrogens (tertiary/aromatic N) is 2. The normalized spacial score (nSPS) is 21.7. The zero-order valence-electron chi connectivity index (χ0n) is 19.6. The van der Waals surface area contributed by atoms with Crippen LogP contribution in [0, 0.1) is 13.8 Å². The molecule has 1 saturated heterocycles. The minimum atomic E-state index is -4.04. The van der Waals surface area contributed by atoms with Gasteiger partial charge in [-0.3, -0.25) is 9.59 Å². The number of β-amino-alcohol motifs (C(OH)–C–C–N with tert-alkyl or cyclic N) is 1. The molecule has 2 aromatic rings. The van der Waals surface area contributed by atoms with Crippen LogP contribution in [0.5, 0.6) is 0 Å². The van der Waals surface area contributed by atoms with Gasteiger partial charge in [0.15, 0.2) is 6.10 Å². The highest BCUT2D eigenvalue weighted by Gasteiger charge is 2.45. The Morgan fingerprint density at radius 1 is 1.12 bits per heavy atom. The molecule has 1 fully saturated rings. The Morgan fingerprint density at radius 3 is 2.59 bits per heavy atom. The third-order valence-corrected chi connectivity index (χ3v) is 8.48. The monoisotopic (exact) mass is 486 g/mol. The number of aryl methyl sites for hydroxylation is 3. The number of anilines is 1. The number of aliphatic hydroxyl groups is 1. The van der Waals surface area contributed by atoms with Crippen LogP contribution in [0.1, 0.15) is 36.5 Å². The maximum Gasteiger partial charge on any atom is 0.325 e. The Kier molecular flexibility index (Phi) is 6.80. The number of hydrogen-bond donors (Lipinski definition) is 1. The van der Waals surface area contributed by atoms with Gasteiger partial charge in [0.2, 0.25) is 10.0 Å². The number of esters is 1. The number of sulfonamides is 1. The topological polar surface area (TPSA) is 104 Å². The van der Waals surface area contributed by atoms with Gasteiger partial charge in [-0.2, -0.15) is 4.31 Å². The van der Waals surface area contributed by atoms with Gasteiger partial charge >= 0.3 is 5.97 Å². The van der Waals surface area contributed by atoms with Gasteiger partial charge in [0.1, 0.15) is 6.04 Å². The van der Waals surface area contributed by atoms with E-state index in [4.69, 9.17) is 4.74 Å². The summed E-state index contributed by atoms with van der Waals surface area (Å²) >= 11 is 0. The molecule has 0 unspecified atom stereocenters. The SMILES string of the molecule is Cc1ccc(S(=O)(=O)N2C[C@H](O)C[C@H]2C(=O)O[C@H](C)C(=O)N2CCCc3ccccc32)cc1C. The summed E-state index contributed by atoms with van der Waals surface area (Å²) in [5, 5.41) is 10.2. The smallest absolute Gasteiger partial charge is 0.325 e. The lowest BCUT2D eigenvalue weighted by molar-refractivity contribution is -0.157. The summed E-state index contributed by atoms with van der Waals surface area (Å²) in [5.41, 5.74) is 3.62. The highest BCUT2D eigenvalue weighted by molar-refractivity contribution is 7.89. The largest absolute Gasteiger partial charge is 0.451 e. The summed E-state index contributed by atoms with van der Waals surface area (Å²) in [6.45, 7) is 5.49. The molecule has 2 aliphatic heterocycles. The third kappa shape index (κ3) is 4.60. The number of aliphatic hydroxyl groups excluding tert-OH is 1. The number of benzene rings is 2. The molecule has 4 rings (SSSR count). The molecule has 1 N–H and O–H groups in total. The number of hydrogen-bond acceptors (Lipinski definition) is 6. The van der Waals surface area contributed by atoms with Crippen LogP contribution in [0.4, 0.5) is 5.69 Å². The molecule has 0 saturated carbocycles. The van der Waals surface area contributed by atoms with Crippen molar-refractivity contribution < 1.29 is 27.9 Å². The van der Waals surface area contributed by atoms with E-state index in [0.717, 1.165) is 39.5 Å². The standard InChI is InChI=1S/C25H30N2O6S/c1-16-10-11-21(13-17(16)2)34(31,32)27-15-20(28)14-23(27)25(30)33-18(3)24(29)26-12-6-8-19-7-4-5-9-22(19)26/h4-5,7,9-11,13,18,20,23,28H,6,8,12,14-15H2,1-3H3/t18-,20-,23+/m1/s1. The first-order chi connectivity index (χ1) is 16.1. The fourth-order valence-electron chi connectivity index (χ4n) is 4.56. The number of ether oxygens (including phenoxy) is 1. The van der Waals surface area contributed by atoms with Gasteiger partial charge in [-0.15, -0.1) is 0 Å². The fourth-order valence-corrected chi connectivity index (χ4v) is 6.27. The molecule has 182 valence electrons. The molecular formula is C25H30N2O6S. The highest BCUT2D eigenvalue weighted by atomic mass is 32.2. The predicted octanol–water partition coefficient (Wildman–Crippen LogP) is 2.34. The van der Waals surface area contributed by atoms with Crippen molar-refractivity contribution in [2.24, 2.45) is 0 Å². The second-order valence-corrected chi connectivity index (χ2v) is 10.9. The Balaban J connectivity index is 1.51. The number of carbonyl (C=O) groups excluding carboxylic acids is 2. The number of amides is 1. The van der Waals surface area contributed by atoms with Crippen LogP contribution in [-0.2, 0) is 30.8 Å². The Labute approximate surface area is 200 Å². The summed E-state index contributed by atoms with van der Waals surface area (Å²) in [5.74, 6) is -1.20. The average molecular weight is 487 g/mol. The summed E-state index contributed by atoms with van der Waals surface area (Å²) in [4.78, 5) is 27.8. The van der Waals surface area contributed by atoms with E-state index in [2.05, 4.69) is 0 Å². The van der Waals surface area contributed by atoms with Crippen LogP contribution < -0.4 is 4.90 Å². The Hall–Kier alpha value is -2.75. The first kappa shape index (κ1) is 24.4. The molecule has 2 heterocycles. The van der Waals surface area contributed by atoms with Crippen LogP contribution in [0.3, 0.4) is 0 Å². The predicted molar refractivity (Wildman–Crippen MR) is 127 cm³/mol. The molecule has 0 bridgehead atoms. The molecule has 0 aliphatic carbocycles. The minimum Gasteiger partial charge on any atom is -0.451 e. The van der Waals surface area contributed by atoms with Gasteiger partial charge in [-0.25, -0.2) is 8.42 Å². The maximum absolute atomic E-state index is 13.3. The van der Waals surface area contributed by atoms with E-state index in [9.17, 15) is 23.1 Å². The lowest BCUT2D eigenvalue weighted by Gasteiger charge is -2.31. The minimum absolute atomic E-state index is 0.0524. The van der Waals surface area contributed by atoms with E-state index in [1.54, 1.807) is 17.0 Å². The number of para-hydroxylation sites is 1. The van der Waals surface area contributed by atoms with Gasteiger partial charge in [-0.05, 0) is 68.5 Å². The summed E-state index contributed by atoms with van der Waals surface area (Å²) in [6, 6.07) is 11.2. The van der Waals surface area contributed by atoms with E-state index in [-0.39, 0.29) is 23.8 Å². The molecule has 2 aliphatic rings. The summed E-state index contributed by atoms with van der Waals surface area (Å²) < 4.78 is 33.0. The zero-order valence-corrected chi connectivity index (χ0v) is 20.4. The summed E-state index contributed by atoms with van der Waals surface area (Å²) in [7, 11) is -4.04. The molecular weight excluding hydrogens is 456 g/mol. The second kappa shape index (κ2) is 9.48. The lowest BCUT2D eigenvalue weighted by atomic mass is 10.0. The maximum atomic E-state index is 13.3. The van der Waals surface area contributed by atoms with Crippen molar-refractivity contribution in [3.63, 3.8) is 0 Å². The zero-order chi connectivity index (χ0) is 24.6. The molecule has 9 heteroatoms. The first-order valence-corrected chi connectivity index (χ1v) is 12.9. The van der Waals surface area contributed by atoms with Crippen molar-refractivity contribution in [2.45, 2.75) is 63.2 Å². The number of carbonyl (C=O) groups is 2. The van der Waals surface area contributed by atoms with Crippen LogP contribution in [-0.4, -0.2) is 61.0 Å². The first-order valence-electron chi connectivity index (χ1n) is 11.5. The number of rotatable bonds is 5. The molecule has 34 heavy (non-hydrogen) atoms. The third-order valence-electron chi connectivity index (χ3n) is 6.61. The quantitative estimate of drug-likeness (QED) is 0.651. The Bertz CT molecular complexity index is 1210. The molecule has 2 aromatic carbocycles. The van der Waals surface area contributed by atoms with Crippen LogP contribution >= 0.6 is 0 Å². The summed E-state index contributed by atoms with van der Waals surface area (Å²) in [6.07, 6.45) is -0.503. The van der Waals surface area contributed by atoms with Gasteiger partial charge in [0.25, 0.3) is 5.91 Å². The van der Waals surface area contributed by atoms with Crippen molar-refractivity contribution in [1.82, 2.24) is 4.31 Å². The van der Waals surface area contributed by atoms with E-state index in [1.807, 2.05) is 38.1 Å². The van der Waals surface area contributed by atoms with E-state index >= 15 is 0 Å². The molecule has 0 spiro atoms. The van der Waals surface area contributed by atoms with Crippen LogP contribution in [0.25, 0.3) is 0 Å². The molecule has 0 aromatic heterocycles. The van der Waals surface area contributed by atoms with Crippen molar-refractivity contribution in [1.29, 1.82) is 0 Å². The van der Waals surface area contributed by atoms with Gasteiger partial charge in [0, 0.05) is 25.2 Å². The molecule has 8 nitrogen and oxygen atoms in total. The molecule has 1 amide bonds. The van der Waals surface area contributed by atoms with Crippen LogP contribution in [0.15, 0.2) is 47.4 Å². The second-order valence-electron chi connectivity index (χ2n) is 9.03. The van der Waals surface area contributed by atoms with Crippen molar-refractivity contribution in [2.75, 3.05) is 18.0 Å². The van der Waals surface area contributed by atoms with Gasteiger partial charge < -0.3 is 14.7 Å². The molecule has 3 atom stereocenters. The van der Waals surface area contributed by atoms with Crippen molar-refractivity contribution >= 4 is 27.6 Å². The van der Waals surface area contributed by atoms with Crippen molar-refractivity contribution in [3.05, 3.63) is 59.2 Å². The van der Waals surface area contributed by atoms with Crippen molar-refractivity contribution in [3.8, 4) is 0 Å². The highest BCUT2D eigenvalue weighted by Crippen LogP contribution is 2.30. The molecule has 0 radical (unpaired) electrons. The van der Waals surface area contributed by atoms with E-state index in [1.165, 1.54) is 13.0 Å². The van der Waals surface area contributed by atoms with Gasteiger partial charge in [-0.1, -0.05) is 24.3 Å². The average Bonchev–Trinajstić information content (AvgIpc) is 3.22. The van der Waals surface area contributed by atoms with Crippen LogP contribution in [0.2, 0.25) is 0 Å². The van der Waals surface area contributed by atoms with E-state index < -0.39 is 34.2 Å². The van der Waals surface area contributed by atoms with Gasteiger partial charge in [0.05, 0.1) is 11.0 Å². The fraction of sp³-hybridized carbons (Fsp3) is 0.440.